The molecule has 1 rings (SSSR count). The van der Waals surface area contributed by atoms with Crippen LogP contribution in [0.1, 0.15) is 5.69 Å². The van der Waals surface area contributed by atoms with Crippen molar-refractivity contribution in [2.24, 2.45) is 0 Å². The first-order valence-electron chi connectivity index (χ1n) is 1.98. The Balaban J connectivity index is 3.25. The van der Waals surface area contributed by atoms with Crippen LogP contribution in [0.15, 0.2) is 6.07 Å². The van der Waals surface area contributed by atoms with Gasteiger partial charge >= 0.3 is 0 Å². The van der Waals surface area contributed by atoms with E-state index in [0.717, 1.165) is 9.52 Å². The Labute approximate surface area is 56.5 Å². The summed E-state index contributed by atoms with van der Waals surface area (Å²) in [4.78, 5) is 0. The molecule has 0 bridgehead atoms. The summed E-state index contributed by atoms with van der Waals surface area (Å²) in [5.41, 5.74) is 0.764. The number of nitrogens with one attached hydrogen (secondary N) is 1. The zero-order valence-electron chi connectivity index (χ0n) is 3.97. The van der Waals surface area contributed by atoms with Crippen molar-refractivity contribution in [1.29, 1.82) is 0 Å². The number of hydrogen-bond acceptors (Lipinski definition) is 2. The van der Waals surface area contributed by atoms with Crippen LogP contribution in [0.4, 0.5) is 0 Å². The molecule has 0 aromatic carbocycles. The Bertz CT molecular complexity index is 262. The van der Waals surface area contributed by atoms with Gasteiger partial charge in [-0.05, 0) is 11.5 Å². The Morgan fingerprint density at radius 3 is 2.88 bits per heavy atom. The van der Waals surface area contributed by atoms with E-state index < -0.39 is 0 Å². The molecular weight excluding hydrogens is 138 g/mol. The Kier molecular flexibility index (Phi) is 1.47. The van der Waals surface area contributed by atoms with E-state index in [-0.39, 0.29) is 0 Å². The van der Waals surface area contributed by atoms with Crippen molar-refractivity contribution in [2.75, 3.05) is 0 Å². The van der Waals surface area contributed by atoms with Crippen LogP contribution in [0.25, 0.3) is 0 Å². The second kappa shape index (κ2) is 2.12. The molecule has 0 aliphatic rings. The van der Waals surface area contributed by atoms with Crippen molar-refractivity contribution in [3.05, 3.63) is 15.6 Å². The van der Waals surface area contributed by atoms with E-state index in [4.69, 9.17) is 18.6 Å². The maximum atomic E-state index is 5.04. The average molecular weight is 141 g/mol. The molecule has 1 aromatic heterocycles. The fraction of sp³-hybridized carbons (Fsp3) is 0. The van der Waals surface area contributed by atoms with Gasteiger partial charge in [0.15, 0.2) is 0 Å². The summed E-state index contributed by atoms with van der Waals surface area (Å²) >= 11 is 6.17. The molecule has 8 heavy (non-hydrogen) atoms. The van der Waals surface area contributed by atoms with Crippen LogP contribution < -0.4 is 0 Å². The van der Waals surface area contributed by atoms with Gasteiger partial charge in [-0.2, -0.15) is 0 Å². The molecule has 1 nitrogen and oxygen atoms in total. The maximum absolute atomic E-state index is 5.04. The van der Waals surface area contributed by atoms with Crippen molar-refractivity contribution in [3.8, 4) is 12.3 Å². The highest BCUT2D eigenvalue weighted by Gasteiger charge is 1.84. The van der Waals surface area contributed by atoms with Crippen LogP contribution >= 0.6 is 23.8 Å². The number of H-pyrrole nitrogens is 1. The lowest BCUT2D eigenvalue weighted by atomic mass is 10.5. The zero-order valence-corrected chi connectivity index (χ0v) is 5.60. The normalized spacial score (nSPS) is 8.38. The lowest BCUT2D eigenvalue weighted by molar-refractivity contribution is 1.50. The molecule has 1 N–H and O–H groups in total. The standard InChI is InChI=1S/C5H3NS2/c1-2-4-3-5(7)8-6-4/h1,3,6H. The second-order valence-electron chi connectivity index (χ2n) is 1.23. The highest BCUT2D eigenvalue weighted by molar-refractivity contribution is 7.73. The summed E-state index contributed by atoms with van der Waals surface area (Å²) in [7, 11) is 0. The molecule has 0 radical (unpaired) electrons. The van der Waals surface area contributed by atoms with Crippen LogP contribution in [-0.2, 0) is 0 Å². The third-order valence-corrected chi connectivity index (χ3v) is 1.69. The topological polar surface area (TPSA) is 15.8 Å². The van der Waals surface area contributed by atoms with Crippen LogP contribution in [0.3, 0.4) is 0 Å². The summed E-state index contributed by atoms with van der Waals surface area (Å²) in [6.45, 7) is 0. The van der Waals surface area contributed by atoms with Gasteiger partial charge in [-0.3, -0.25) is 0 Å². The molecule has 0 atom stereocenters. The number of rotatable bonds is 0. The predicted molar refractivity (Wildman–Crippen MR) is 37.4 cm³/mol. The first kappa shape index (κ1) is 5.54. The van der Waals surface area contributed by atoms with Crippen molar-refractivity contribution in [1.82, 2.24) is 4.37 Å². The van der Waals surface area contributed by atoms with E-state index in [1.54, 1.807) is 6.07 Å². The van der Waals surface area contributed by atoms with Gasteiger partial charge in [0.2, 0.25) is 0 Å². The lowest BCUT2D eigenvalue weighted by Gasteiger charge is -1.69. The molecule has 3 heteroatoms. The molecule has 40 valence electrons. The van der Waals surface area contributed by atoms with Gasteiger partial charge in [0.25, 0.3) is 0 Å². The van der Waals surface area contributed by atoms with Gasteiger partial charge < -0.3 is 4.37 Å². The Morgan fingerprint density at radius 1 is 1.88 bits per heavy atom. The molecule has 0 aliphatic heterocycles. The Morgan fingerprint density at radius 2 is 2.62 bits per heavy atom. The van der Waals surface area contributed by atoms with Gasteiger partial charge in [-0.15, -0.1) is 6.42 Å². The van der Waals surface area contributed by atoms with Crippen LogP contribution in [-0.4, -0.2) is 4.37 Å². The molecule has 0 fully saturated rings. The molecule has 0 saturated carbocycles. The summed E-state index contributed by atoms with van der Waals surface area (Å²) in [5, 5.41) is 0. The third-order valence-electron chi connectivity index (χ3n) is 0.679. The van der Waals surface area contributed by atoms with Crippen LogP contribution in [0.2, 0.25) is 0 Å². The second-order valence-corrected chi connectivity index (χ2v) is 2.77. The van der Waals surface area contributed by atoms with E-state index >= 15 is 0 Å². The van der Waals surface area contributed by atoms with E-state index in [9.17, 15) is 0 Å². The minimum atomic E-state index is 0.764. The third kappa shape index (κ3) is 0.971. The smallest absolute Gasteiger partial charge is 0.110 e. The summed E-state index contributed by atoms with van der Waals surface area (Å²) < 4.78 is 3.66. The van der Waals surface area contributed by atoms with Crippen molar-refractivity contribution >= 4 is 23.8 Å². The average Bonchev–Trinajstić information content (AvgIpc) is 2.14. The van der Waals surface area contributed by atoms with Gasteiger partial charge in [-0.25, -0.2) is 0 Å². The van der Waals surface area contributed by atoms with Crippen LogP contribution in [0.5, 0.6) is 0 Å². The largest absolute Gasteiger partial charge is 0.303 e. The number of aromatic amines is 1. The quantitative estimate of drug-likeness (QED) is 0.430. The molecule has 0 saturated heterocycles. The van der Waals surface area contributed by atoms with Crippen molar-refractivity contribution in [2.45, 2.75) is 0 Å². The van der Waals surface area contributed by atoms with Gasteiger partial charge in [-0.1, -0.05) is 18.1 Å². The molecule has 0 spiro atoms. The molecule has 1 heterocycles. The molecule has 0 amide bonds. The van der Waals surface area contributed by atoms with Gasteiger partial charge in [0.1, 0.15) is 9.52 Å². The zero-order chi connectivity index (χ0) is 5.98. The van der Waals surface area contributed by atoms with Gasteiger partial charge in [0, 0.05) is 6.07 Å². The van der Waals surface area contributed by atoms with E-state index in [0.29, 0.717) is 0 Å². The number of hydrogen-bond donors (Lipinski definition) is 1. The summed E-state index contributed by atoms with van der Waals surface area (Å²) in [6.07, 6.45) is 5.04. The maximum Gasteiger partial charge on any atom is 0.110 e. The van der Waals surface area contributed by atoms with Crippen molar-refractivity contribution < 1.29 is 0 Å². The minimum absolute atomic E-state index is 0.764. The monoisotopic (exact) mass is 141 g/mol. The molecule has 0 aliphatic carbocycles. The Hall–Kier alpha value is -0.590. The van der Waals surface area contributed by atoms with E-state index in [1.165, 1.54) is 11.5 Å². The van der Waals surface area contributed by atoms with Crippen LogP contribution in [0, 0.1) is 16.2 Å². The molecule has 1 aromatic rings. The van der Waals surface area contributed by atoms with E-state index in [1.807, 2.05) is 0 Å². The lowest BCUT2D eigenvalue weighted by Crippen LogP contribution is -1.63. The fourth-order valence-corrected chi connectivity index (χ4v) is 1.10. The molecule has 0 unspecified atom stereocenters. The predicted octanol–water partition coefficient (Wildman–Crippen LogP) is 1.79. The number of aromatic nitrogens is 1. The SMILES string of the molecule is C#Cc1cc(=S)s[nH]1. The number of terminal acetylenes is 1. The van der Waals surface area contributed by atoms with Gasteiger partial charge in [0.05, 0.1) is 0 Å². The highest BCUT2D eigenvalue weighted by atomic mass is 32.2. The summed E-state index contributed by atoms with van der Waals surface area (Å²) in [6, 6.07) is 1.76. The molecular formula is C5H3NS2. The fourth-order valence-electron chi connectivity index (χ4n) is 0.353. The minimum Gasteiger partial charge on any atom is -0.303 e. The van der Waals surface area contributed by atoms with Crippen molar-refractivity contribution in [3.63, 3.8) is 0 Å². The van der Waals surface area contributed by atoms with E-state index in [2.05, 4.69) is 10.3 Å². The first-order valence-corrected chi connectivity index (χ1v) is 3.20. The summed E-state index contributed by atoms with van der Waals surface area (Å²) in [5.74, 6) is 2.44. The first-order chi connectivity index (χ1) is 3.83. The highest BCUT2D eigenvalue weighted by Crippen LogP contribution is 2.00.